The zero-order valence-electron chi connectivity index (χ0n) is 15.7. The van der Waals surface area contributed by atoms with Crippen LogP contribution in [0.3, 0.4) is 0 Å². The van der Waals surface area contributed by atoms with E-state index in [-0.39, 0.29) is 0 Å². The minimum absolute atomic E-state index is 0.328. The maximum atomic E-state index is 12.3. The van der Waals surface area contributed by atoms with Crippen molar-refractivity contribution in [2.45, 2.75) is 33.1 Å². The summed E-state index contributed by atoms with van der Waals surface area (Å²) in [6.07, 6.45) is 6.72. The van der Waals surface area contributed by atoms with Crippen molar-refractivity contribution in [3.63, 3.8) is 0 Å². The van der Waals surface area contributed by atoms with Crippen LogP contribution in [-0.4, -0.2) is 47.2 Å². The van der Waals surface area contributed by atoms with E-state index >= 15 is 0 Å². The van der Waals surface area contributed by atoms with E-state index in [2.05, 4.69) is 52.0 Å². The first-order valence-electron chi connectivity index (χ1n) is 9.75. The molecule has 2 aliphatic rings. The van der Waals surface area contributed by atoms with Gasteiger partial charge in [-0.1, -0.05) is 19.9 Å². The first kappa shape index (κ1) is 17.1. The zero-order chi connectivity index (χ0) is 18.1. The van der Waals surface area contributed by atoms with Gasteiger partial charge in [0, 0.05) is 50.0 Å². The van der Waals surface area contributed by atoms with Crippen molar-refractivity contribution in [1.82, 2.24) is 15.1 Å². The summed E-state index contributed by atoms with van der Waals surface area (Å²) >= 11 is 0. The molecular formula is C21H28N4O. The second-order valence-electron chi connectivity index (χ2n) is 8.12. The van der Waals surface area contributed by atoms with Crippen LogP contribution in [0.1, 0.15) is 32.3 Å². The molecule has 1 unspecified atom stereocenters. The lowest BCUT2D eigenvalue weighted by Gasteiger charge is -2.24. The van der Waals surface area contributed by atoms with Crippen LogP contribution in [0.5, 0.6) is 0 Å². The Bertz CT molecular complexity index is 768. The molecule has 138 valence electrons. The van der Waals surface area contributed by atoms with E-state index in [1.807, 2.05) is 12.4 Å². The molecule has 1 aromatic carbocycles. The minimum Gasteiger partial charge on any atom is -0.371 e. The Hall–Kier alpha value is -2.30. The summed E-state index contributed by atoms with van der Waals surface area (Å²) in [4.78, 5) is 16.9. The topological polar surface area (TPSA) is 52.2 Å². The number of aromatic nitrogens is 2. The van der Waals surface area contributed by atoms with E-state index < -0.39 is 0 Å². The number of fused-ring (bicyclic) bond motifs is 1. The van der Waals surface area contributed by atoms with E-state index in [1.54, 1.807) is 0 Å². The molecule has 0 radical (unpaired) electrons. The highest BCUT2D eigenvalue weighted by Gasteiger charge is 2.29. The highest BCUT2D eigenvalue weighted by Crippen LogP contribution is 2.33. The number of benzene rings is 1. The Balaban J connectivity index is 1.39. The molecule has 1 fully saturated rings. The third kappa shape index (κ3) is 3.48. The molecule has 3 heterocycles. The fourth-order valence-corrected chi connectivity index (χ4v) is 4.25. The van der Waals surface area contributed by atoms with Crippen LogP contribution in [-0.2, 0) is 11.2 Å². The van der Waals surface area contributed by atoms with Crippen LogP contribution in [0.25, 0.3) is 11.1 Å². The van der Waals surface area contributed by atoms with Gasteiger partial charge in [0.2, 0.25) is 5.91 Å². The van der Waals surface area contributed by atoms with Crippen LogP contribution in [0.2, 0.25) is 0 Å². The number of carbonyl (C=O) groups excluding carboxylic acids is 1. The van der Waals surface area contributed by atoms with Gasteiger partial charge < -0.3 is 9.80 Å². The average molecular weight is 352 g/mol. The number of hydrogen-bond donors (Lipinski definition) is 1. The molecule has 1 N–H and O–H groups in total. The molecule has 0 aliphatic carbocycles. The third-order valence-electron chi connectivity index (χ3n) is 5.60. The summed E-state index contributed by atoms with van der Waals surface area (Å²) in [5.41, 5.74) is 5.16. The van der Waals surface area contributed by atoms with Crippen molar-refractivity contribution >= 4 is 11.6 Å². The Morgan fingerprint density at radius 1 is 1.31 bits per heavy atom. The molecule has 1 saturated heterocycles. The Kier molecular flexibility index (Phi) is 4.70. The minimum atomic E-state index is 0.328. The van der Waals surface area contributed by atoms with E-state index in [1.165, 1.54) is 16.8 Å². The molecule has 1 amide bonds. The lowest BCUT2D eigenvalue weighted by molar-refractivity contribution is -0.131. The number of H-pyrrole nitrogens is 1. The summed E-state index contributed by atoms with van der Waals surface area (Å²) in [5, 5.41) is 6.93. The second kappa shape index (κ2) is 7.14. The number of hydrogen-bond acceptors (Lipinski definition) is 3. The molecule has 5 nitrogen and oxygen atoms in total. The van der Waals surface area contributed by atoms with Crippen LogP contribution in [0, 0.1) is 11.8 Å². The highest BCUT2D eigenvalue weighted by molar-refractivity contribution is 5.76. The van der Waals surface area contributed by atoms with Crippen molar-refractivity contribution < 1.29 is 4.79 Å². The molecule has 0 spiro atoms. The summed E-state index contributed by atoms with van der Waals surface area (Å²) in [7, 11) is 0. The zero-order valence-corrected chi connectivity index (χ0v) is 15.7. The van der Waals surface area contributed by atoms with E-state index in [0.29, 0.717) is 24.2 Å². The normalized spacial score (nSPS) is 19.4. The summed E-state index contributed by atoms with van der Waals surface area (Å²) in [6.45, 7) is 8.22. The van der Waals surface area contributed by atoms with Gasteiger partial charge in [0.25, 0.3) is 0 Å². The summed E-state index contributed by atoms with van der Waals surface area (Å²) in [5.74, 6) is 1.36. The number of nitrogens with zero attached hydrogens (tertiary/aromatic N) is 3. The lowest BCUT2D eigenvalue weighted by Crippen LogP contribution is -2.32. The van der Waals surface area contributed by atoms with Crippen LogP contribution >= 0.6 is 0 Å². The molecule has 4 rings (SSSR count). The molecule has 26 heavy (non-hydrogen) atoms. The van der Waals surface area contributed by atoms with Crippen molar-refractivity contribution in [3.05, 3.63) is 36.2 Å². The molecule has 2 aromatic rings. The summed E-state index contributed by atoms with van der Waals surface area (Å²) < 4.78 is 0. The third-order valence-corrected chi connectivity index (χ3v) is 5.60. The average Bonchev–Trinajstić information content (AvgIpc) is 3.35. The van der Waals surface area contributed by atoms with Gasteiger partial charge in [-0.3, -0.25) is 9.89 Å². The van der Waals surface area contributed by atoms with Gasteiger partial charge in [-0.15, -0.1) is 0 Å². The van der Waals surface area contributed by atoms with Crippen molar-refractivity contribution in [1.29, 1.82) is 0 Å². The van der Waals surface area contributed by atoms with Gasteiger partial charge in [0.1, 0.15) is 0 Å². The highest BCUT2D eigenvalue weighted by atomic mass is 16.2. The summed E-state index contributed by atoms with van der Waals surface area (Å²) in [6, 6.07) is 6.74. The van der Waals surface area contributed by atoms with Gasteiger partial charge in [-0.05, 0) is 47.9 Å². The maximum Gasteiger partial charge on any atom is 0.222 e. The van der Waals surface area contributed by atoms with E-state index in [4.69, 9.17) is 0 Å². The Morgan fingerprint density at radius 2 is 2.19 bits per heavy atom. The first-order valence-corrected chi connectivity index (χ1v) is 9.75. The monoisotopic (exact) mass is 352 g/mol. The second-order valence-corrected chi connectivity index (χ2v) is 8.12. The number of anilines is 1. The fourth-order valence-electron chi connectivity index (χ4n) is 4.25. The fraction of sp³-hybridized carbons (Fsp3) is 0.524. The van der Waals surface area contributed by atoms with Gasteiger partial charge >= 0.3 is 0 Å². The number of nitrogens with one attached hydrogen (secondary N) is 1. The van der Waals surface area contributed by atoms with E-state index in [9.17, 15) is 4.79 Å². The quantitative estimate of drug-likeness (QED) is 0.898. The SMILES string of the molecule is CC(C)CC(=O)N1CCC(CN2CCc3cc(-c4cn[nH]c4)ccc32)C1. The van der Waals surface area contributed by atoms with Gasteiger partial charge in [-0.25, -0.2) is 0 Å². The van der Waals surface area contributed by atoms with Crippen LogP contribution < -0.4 is 4.90 Å². The molecular weight excluding hydrogens is 324 g/mol. The molecule has 2 aliphatic heterocycles. The number of carbonyl (C=O) groups is 1. The first-order chi connectivity index (χ1) is 12.6. The van der Waals surface area contributed by atoms with Crippen molar-refractivity contribution in [2.75, 3.05) is 31.1 Å². The molecule has 0 bridgehead atoms. The molecule has 5 heteroatoms. The number of amides is 1. The Labute approximate surface area is 155 Å². The number of rotatable bonds is 5. The van der Waals surface area contributed by atoms with Crippen molar-refractivity contribution in [3.8, 4) is 11.1 Å². The number of aromatic amines is 1. The predicted octanol–water partition coefficient (Wildman–Crippen LogP) is 3.33. The molecule has 1 atom stereocenters. The maximum absolute atomic E-state index is 12.3. The van der Waals surface area contributed by atoms with Crippen molar-refractivity contribution in [2.24, 2.45) is 11.8 Å². The van der Waals surface area contributed by atoms with Gasteiger partial charge in [0.15, 0.2) is 0 Å². The smallest absolute Gasteiger partial charge is 0.222 e. The van der Waals surface area contributed by atoms with Gasteiger partial charge in [0.05, 0.1) is 6.20 Å². The Morgan fingerprint density at radius 3 is 2.96 bits per heavy atom. The standard InChI is InChI=1S/C21H28N4O/c1-15(2)9-21(26)25-7-5-16(14-25)13-24-8-6-18-10-17(3-4-20(18)24)19-11-22-23-12-19/h3-4,10-12,15-16H,5-9,13-14H2,1-2H3,(H,22,23). The predicted molar refractivity (Wildman–Crippen MR) is 104 cm³/mol. The van der Waals surface area contributed by atoms with Crippen LogP contribution in [0.15, 0.2) is 30.6 Å². The molecule has 1 aromatic heterocycles. The largest absolute Gasteiger partial charge is 0.371 e. The number of likely N-dealkylation sites (tertiary alicyclic amines) is 1. The lowest BCUT2D eigenvalue weighted by atomic mass is 10.0. The van der Waals surface area contributed by atoms with Gasteiger partial charge in [-0.2, -0.15) is 5.10 Å². The van der Waals surface area contributed by atoms with E-state index in [0.717, 1.165) is 44.6 Å². The molecule has 0 saturated carbocycles. The van der Waals surface area contributed by atoms with Crippen LogP contribution in [0.4, 0.5) is 5.69 Å².